The molecule has 94 valence electrons. The van der Waals surface area contributed by atoms with Gasteiger partial charge in [0, 0.05) is 6.04 Å². The molecule has 0 amide bonds. The van der Waals surface area contributed by atoms with E-state index in [0.29, 0.717) is 4.60 Å². The summed E-state index contributed by atoms with van der Waals surface area (Å²) in [4.78, 5) is 7.82. The Kier molecular flexibility index (Phi) is 3.95. The van der Waals surface area contributed by atoms with E-state index in [1.807, 2.05) is 0 Å². The fourth-order valence-corrected chi connectivity index (χ4v) is 3.26. The van der Waals surface area contributed by atoms with Crippen molar-refractivity contribution in [3.05, 3.63) is 17.0 Å². The van der Waals surface area contributed by atoms with Crippen molar-refractivity contribution in [3.8, 4) is 0 Å². The first kappa shape index (κ1) is 12.7. The number of nitrogens with zero attached hydrogens (tertiary/aromatic N) is 2. The lowest BCUT2D eigenvalue weighted by Gasteiger charge is -2.11. The van der Waals surface area contributed by atoms with E-state index in [1.165, 1.54) is 12.4 Å². The van der Waals surface area contributed by atoms with E-state index in [0.717, 1.165) is 19.4 Å². The number of nitrogens with one attached hydrogen (secondary N) is 2. The zero-order chi connectivity index (χ0) is 12.3. The van der Waals surface area contributed by atoms with Crippen LogP contribution in [0.25, 0.3) is 0 Å². The van der Waals surface area contributed by atoms with Gasteiger partial charge in [-0.2, -0.15) is 0 Å². The summed E-state index contributed by atoms with van der Waals surface area (Å²) in [5, 5.41) is 3.14. The van der Waals surface area contributed by atoms with Crippen LogP contribution >= 0.6 is 15.9 Å². The maximum Gasteiger partial charge on any atom is 0.235 e. The van der Waals surface area contributed by atoms with Crippen LogP contribution in [0.5, 0.6) is 0 Å². The minimum absolute atomic E-state index is 0.0379. The molecule has 1 aliphatic heterocycles. The van der Waals surface area contributed by atoms with Crippen LogP contribution in [0, 0.1) is 0 Å². The summed E-state index contributed by atoms with van der Waals surface area (Å²) in [6.45, 7) is 0.887. The molecule has 1 unspecified atom stereocenters. The Morgan fingerprint density at radius 3 is 2.88 bits per heavy atom. The molecule has 0 aromatic carbocycles. The Hall–Kier alpha value is -0.730. The van der Waals surface area contributed by atoms with Gasteiger partial charge in [0.05, 0.1) is 18.1 Å². The van der Waals surface area contributed by atoms with Crippen molar-refractivity contribution in [3.63, 3.8) is 0 Å². The van der Waals surface area contributed by atoms with Crippen molar-refractivity contribution in [2.24, 2.45) is 0 Å². The predicted molar refractivity (Wildman–Crippen MR) is 68.2 cm³/mol. The van der Waals surface area contributed by atoms with E-state index < -0.39 is 10.0 Å². The van der Waals surface area contributed by atoms with E-state index in [2.05, 4.69) is 35.9 Å². The highest BCUT2D eigenvalue weighted by molar-refractivity contribution is 9.10. The summed E-state index contributed by atoms with van der Waals surface area (Å²) in [6, 6.07) is 0.0379. The highest BCUT2D eigenvalue weighted by Gasteiger charge is 2.22. The van der Waals surface area contributed by atoms with Crippen molar-refractivity contribution in [2.45, 2.75) is 18.9 Å². The SMILES string of the molecule is O=S(=O)(CC1CCCN1)Nc1cnc(Br)cn1. The van der Waals surface area contributed by atoms with Gasteiger partial charge in [0.1, 0.15) is 4.60 Å². The molecule has 1 aromatic rings. The standard InChI is InChI=1S/C9H13BrN4O2S/c10-8-4-13-9(5-12-8)14-17(15,16)6-7-2-1-3-11-7/h4-5,7,11H,1-3,6H2,(H,13,14). The second kappa shape index (κ2) is 5.28. The third-order valence-corrected chi connectivity index (χ3v) is 4.23. The summed E-state index contributed by atoms with van der Waals surface area (Å²) in [5.41, 5.74) is 0. The maximum absolute atomic E-state index is 11.8. The Bertz CT molecular complexity index is 470. The second-order valence-corrected chi connectivity index (χ2v) is 6.48. The summed E-state index contributed by atoms with van der Waals surface area (Å²) in [5.74, 6) is 0.316. The molecule has 2 rings (SSSR count). The number of rotatable bonds is 4. The van der Waals surface area contributed by atoms with E-state index in [1.54, 1.807) is 0 Å². The molecule has 1 atom stereocenters. The summed E-state index contributed by atoms with van der Waals surface area (Å²) >= 11 is 3.14. The molecule has 8 heteroatoms. The van der Waals surface area contributed by atoms with E-state index >= 15 is 0 Å². The molecule has 17 heavy (non-hydrogen) atoms. The molecule has 2 heterocycles. The van der Waals surface area contributed by atoms with Crippen LogP contribution in [0.4, 0.5) is 5.82 Å². The Morgan fingerprint density at radius 1 is 1.47 bits per heavy atom. The van der Waals surface area contributed by atoms with Crippen molar-refractivity contribution in [1.82, 2.24) is 15.3 Å². The van der Waals surface area contributed by atoms with Gasteiger partial charge >= 0.3 is 0 Å². The van der Waals surface area contributed by atoms with Gasteiger partial charge in [-0.3, -0.25) is 4.72 Å². The number of sulfonamides is 1. The van der Waals surface area contributed by atoms with Gasteiger partial charge in [-0.25, -0.2) is 18.4 Å². The predicted octanol–water partition coefficient (Wildman–Crippen LogP) is 0.733. The van der Waals surface area contributed by atoms with Crippen molar-refractivity contribution < 1.29 is 8.42 Å². The Labute approximate surface area is 108 Å². The molecular formula is C9H13BrN4O2S. The first-order valence-corrected chi connectivity index (χ1v) is 7.71. The molecule has 0 aliphatic carbocycles. The molecule has 2 N–H and O–H groups in total. The molecule has 1 saturated heterocycles. The maximum atomic E-state index is 11.8. The van der Waals surface area contributed by atoms with Gasteiger partial charge < -0.3 is 5.32 Å². The zero-order valence-electron chi connectivity index (χ0n) is 9.06. The third-order valence-electron chi connectivity index (χ3n) is 2.46. The van der Waals surface area contributed by atoms with Crippen LogP contribution in [0.2, 0.25) is 0 Å². The summed E-state index contributed by atoms with van der Waals surface area (Å²) in [7, 11) is -3.36. The lowest BCUT2D eigenvalue weighted by atomic mass is 10.3. The highest BCUT2D eigenvalue weighted by Crippen LogP contribution is 2.11. The average molecular weight is 321 g/mol. The van der Waals surface area contributed by atoms with Crippen molar-refractivity contribution in [2.75, 3.05) is 17.0 Å². The smallest absolute Gasteiger partial charge is 0.235 e. The highest BCUT2D eigenvalue weighted by atomic mass is 79.9. The average Bonchev–Trinajstić information content (AvgIpc) is 2.73. The minimum Gasteiger partial charge on any atom is -0.313 e. The fraction of sp³-hybridized carbons (Fsp3) is 0.556. The topological polar surface area (TPSA) is 84.0 Å². The molecule has 1 aromatic heterocycles. The van der Waals surface area contributed by atoms with Gasteiger partial charge in [0.2, 0.25) is 10.0 Å². The molecule has 0 saturated carbocycles. The lowest BCUT2D eigenvalue weighted by molar-refractivity contribution is 0.581. The van der Waals surface area contributed by atoms with Crippen molar-refractivity contribution >= 4 is 31.8 Å². The van der Waals surface area contributed by atoms with Crippen LogP contribution in [-0.2, 0) is 10.0 Å². The number of anilines is 1. The lowest BCUT2D eigenvalue weighted by Crippen LogP contribution is -2.33. The fourth-order valence-electron chi connectivity index (χ4n) is 1.73. The Balaban J connectivity index is 1.98. The Morgan fingerprint density at radius 2 is 2.29 bits per heavy atom. The number of hydrogen-bond donors (Lipinski definition) is 2. The van der Waals surface area contributed by atoms with E-state index in [-0.39, 0.29) is 17.6 Å². The van der Waals surface area contributed by atoms with Crippen molar-refractivity contribution in [1.29, 1.82) is 0 Å². The van der Waals surface area contributed by atoms with Crippen LogP contribution in [0.15, 0.2) is 17.0 Å². The van der Waals surface area contributed by atoms with Gasteiger partial charge in [-0.1, -0.05) is 0 Å². The first-order valence-electron chi connectivity index (χ1n) is 5.26. The van der Waals surface area contributed by atoms with E-state index in [9.17, 15) is 8.42 Å². The quantitative estimate of drug-likeness (QED) is 0.854. The monoisotopic (exact) mass is 320 g/mol. The molecule has 1 fully saturated rings. The number of hydrogen-bond acceptors (Lipinski definition) is 5. The molecule has 6 nitrogen and oxygen atoms in total. The number of aromatic nitrogens is 2. The second-order valence-electron chi connectivity index (χ2n) is 3.90. The van der Waals surface area contributed by atoms with Crippen LogP contribution < -0.4 is 10.0 Å². The van der Waals surface area contributed by atoms with Gasteiger partial charge in [0.15, 0.2) is 5.82 Å². The largest absolute Gasteiger partial charge is 0.313 e. The summed E-state index contributed by atoms with van der Waals surface area (Å²) < 4.78 is 26.6. The third kappa shape index (κ3) is 3.90. The number of halogens is 1. The van der Waals surface area contributed by atoms with E-state index in [4.69, 9.17) is 0 Å². The molecule has 0 spiro atoms. The first-order chi connectivity index (χ1) is 8.05. The van der Waals surface area contributed by atoms with Crippen LogP contribution in [-0.4, -0.2) is 36.7 Å². The molecular weight excluding hydrogens is 308 g/mol. The minimum atomic E-state index is -3.36. The zero-order valence-corrected chi connectivity index (χ0v) is 11.5. The van der Waals surface area contributed by atoms with Gasteiger partial charge in [0.25, 0.3) is 0 Å². The van der Waals surface area contributed by atoms with Crippen LogP contribution in [0.3, 0.4) is 0 Å². The summed E-state index contributed by atoms with van der Waals surface area (Å²) in [6.07, 6.45) is 4.75. The van der Waals surface area contributed by atoms with Gasteiger partial charge in [-0.05, 0) is 35.3 Å². The normalized spacial score (nSPS) is 20.4. The molecule has 0 radical (unpaired) electrons. The molecule has 0 bridgehead atoms. The van der Waals surface area contributed by atoms with Gasteiger partial charge in [-0.15, -0.1) is 0 Å². The molecule has 1 aliphatic rings. The van der Waals surface area contributed by atoms with Crippen LogP contribution in [0.1, 0.15) is 12.8 Å².